The Hall–Kier alpha value is -0.820. The number of carboxylic acid groups (broad SMARTS) is 1. The molecule has 7 heteroatoms. The van der Waals surface area contributed by atoms with E-state index in [4.69, 9.17) is 9.84 Å². The Morgan fingerprint density at radius 3 is 2.47 bits per heavy atom. The molecule has 1 aliphatic carbocycles. The lowest BCUT2D eigenvalue weighted by molar-refractivity contribution is -0.168. The van der Waals surface area contributed by atoms with Crippen LogP contribution in [0.4, 0.5) is 13.2 Å². The van der Waals surface area contributed by atoms with Crippen molar-refractivity contribution < 1.29 is 27.8 Å². The van der Waals surface area contributed by atoms with Crippen LogP contribution in [0, 0.1) is 0 Å². The van der Waals surface area contributed by atoms with E-state index < -0.39 is 29.9 Å². The molecule has 0 bridgehead atoms. The molecule has 2 rings (SSSR count). The maximum Gasteiger partial charge on any atom is 0.406 e. The number of nitrogens with one attached hydrogen (secondary N) is 1. The Kier molecular flexibility index (Phi) is 3.07. The minimum atomic E-state index is -4.24. The van der Waals surface area contributed by atoms with Crippen molar-refractivity contribution in [3.05, 3.63) is 0 Å². The van der Waals surface area contributed by atoms with Crippen LogP contribution in [0.5, 0.6) is 0 Å². The van der Waals surface area contributed by atoms with E-state index in [9.17, 15) is 18.0 Å². The summed E-state index contributed by atoms with van der Waals surface area (Å²) in [5, 5.41) is 11.1. The van der Waals surface area contributed by atoms with E-state index in [1.165, 1.54) is 0 Å². The molecule has 0 aromatic heterocycles. The SMILES string of the molecule is O=C(O)C1CCC(CNC2(C(F)(F)F)CC2)O1. The van der Waals surface area contributed by atoms with Crippen molar-refractivity contribution in [2.75, 3.05) is 6.54 Å². The van der Waals surface area contributed by atoms with Crippen LogP contribution in [0.2, 0.25) is 0 Å². The van der Waals surface area contributed by atoms with Crippen LogP contribution in [0.15, 0.2) is 0 Å². The van der Waals surface area contributed by atoms with Gasteiger partial charge in [0.25, 0.3) is 0 Å². The molecule has 0 aromatic rings. The van der Waals surface area contributed by atoms with Crippen molar-refractivity contribution >= 4 is 5.97 Å². The molecule has 1 saturated heterocycles. The van der Waals surface area contributed by atoms with E-state index in [1.54, 1.807) is 0 Å². The molecule has 2 atom stereocenters. The molecular formula is C10H14F3NO3. The lowest BCUT2D eigenvalue weighted by Gasteiger charge is -2.22. The number of ether oxygens (including phenoxy) is 1. The van der Waals surface area contributed by atoms with Gasteiger partial charge < -0.3 is 15.2 Å². The highest BCUT2D eigenvalue weighted by Gasteiger charge is 2.63. The normalized spacial score (nSPS) is 31.5. The Balaban J connectivity index is 1.79. The van der Waals surface area contributed by atoms with Gasteiger partial charge in [-0.2, -0.15) is 13.2 Å². The van der Waals surface area contributed by atoms with E-state index in [0.29, 0.717) is 12.8 Å². The molecular weight excluding hydrogens is 239 g/mol. The summed E-state index contributed by atoms with van der Waals surface area (Å²) in [6, 6.07) is 0. The van der Waals surface area contributed by atoms with Gasteiger partial charge in [0, 0.05) is 6.54 Å². The predicted molar refractivity (Wildman–Crippen MR) is 51.6 cm³/mol. The molecule has 2 fully saturated rings. The quantitative estimate of drug-likeness (QED) is 0.793. The van der Waals surface area contributed by atoms with Crippen molar-refractivity contribution in [2.45, 2.75) is 49.6 Å². The summed E-state index contributed by atoms with van der Waals surface area (Å²) in [6.45, 7) is 0.0588. The monoisotopic (exact) mass is 253 g/mol. The summed E-state index contributed by atoms with van der Waals surface area (Å²) in [5.74, 6) is -1.05. The third-order valence-electron chi connectivity index (χ3n) is 3.34. The van der Waals surface area contributed by atoms with E-state index in [1.807, 2.05) is 0 Å². The molecule has 2 N–H and O–H groups in total. The summed E-state index contributed by atoms with van der Waals surface area (Å²) in [5.41, 5.74) is -1.75. The lowest BCUT2D eigenvalue weighted by atomic mass is 10.2. The third kappa shape index (κ3) is 2.55. The second kappa shape index (κ2) is 4.13. The number of hydrogen-bond donors (Lipinski definition) is 2. The second-order valence-electron chi connectivity index (χ2n) is 4.62. The van der Waals surface area contributed by atoms with Gasteiger partial charge in [-0.1, -0.05) is 0 Å². The summed E-state index contributed by atoms with van der Waals surface area (Å²) < 4.78 is 42.9. The Bertz CT molecular complexity index is 314. The van der Waals surface area contributed by atoms with Gasteiger partial charge in [0.05, 0.1) is 6.10 Å². The second-order valence-corrected chi connectivity index (χ2v) is 4.62. The van der Waals surface area contributed by atoms with E-state index in [0.717, 1.165) is 0 Å². The Labute approximate surface area is 96.1 Å². The fourth-order valence-electron chi connectivity index (χ4n) is 2.03. The van der Waals surface area contributed by atoms with Gasteiger partial charge >= 0.3 is 12.1 Å². The molecule has 1 aliphatic heterocycles. The predicted octanol–water partition coefficient (Wildman–Crippen LogP) is 1.30. The van der Waals surface area contributed by atoms with Gasteiger partial charge in [0.15, 0.2) is 6.10 Å². The summed E-state index contributed by atoms with van der Waals surface area (Å²) in [4.78, 5) is 10.6. The Morgan fingerprint density at radius 2 is 2.06 bits per heavy atom. The maximum atomic E-state index is 12.6. The summed E-state index contributed by atoms with van der Waals surface area (Å²) in [7, 11) is 0. The van der Waals surface area contributed by atoms with E-state index in [2.05, 4.69) is 5.32 Å². The van der Waals surface area contributed by atoms with Crippen LogP contribution in [-0.2, 0) is 9.53 Å². The molecule has 2 unspecified atom stereocenters. The average molecular weight is 253 g/mol. The van der Waals surface area contributed by atoms with Crippen molar-refractivity contribution in [2.24, 2.45) is 0 Å². The summed E-state index contributed by atoms with van der Waals surface area (Å²) >= 11 is 0. The first-order chi connectivity index (χ1) is 7.84. The zero-order chi connectivity index (χ0) is 12.7. The number of carboxylic acids is 1. The van der Waals surface area contributed by atoms with Gasteiger partial charge in [-0.25, -0.2) is 4.79 Å². The van der Waals surface area contributed by atoms with Gasteiger partial charge in [0.2, 0.25) is 0 Å². The average Bonchev–Trinajstić information content (AvgIpc) is 2.86. The van der Waals surface area contributed by atoms with E-state index >= 15 is 0 Å². The number of rotatable bonds is 4. The van der Waals surface area contributed by atoms with Crippen LogP contribution in [0.3, 0.4) is 0 Å². The zero-order valence-corrected chi connectivity index (χ0v) is 9.09. The van der Waals surface area contributed by atoms with Crippen LogP contribution in [-0.4, -0.2) is 41.5 Å². The molecule has 0 aromatic carbocycles. The molecule has 4 nitrogen and oxygen atoms in total. The third-order valence-corrected chi connectivity index (χ3v) is 3.34. The number of hydrogen-bond acceptors (Lipinski definition) is 3. The molecule has 2 aliphatic rings. The fraction of sp³-hybridized carbons (Fsp3) is 0.900. The minimum Gasteiger partial charge on any atom is -0.479 e. The molecule has 1 heterocycles. The van der Waals surface area contributed by atoms with Gasteiger partial charge in [-0.3, -0.25) is 0 Å². The minimum absolute atomic E-state index is 0.0588. The van der Waals surface area contributed by atoms with Crippen LogP contribution >= 0.6 is 0 Å². The smallest absolute Gasteiger partial charge is 0.406 e. The van der Waals surface area contributed by atoms with Crippen LogP contribution in [0.25, 0.3) is 0 Å². The zero-order valence-electron chi connectivity index (χ0n) is 9.09. The van der Waals surface area contributed by atoms with Gasteiger partial charge in [-0.15, -0.1) is 0 Å². The number of aliphatic carboxylic acids is 1. The van der Waals surface area contributed by atoms with Crippen LogP contribution < -0.4 is 5.32 Å². The van der Waals surface area contributed by atoms with Crippen molar-refractivity contribution in [3.63, 3.8) is 0 Å². The highest BCUT2D eigenvalue weighted by atomic mass is 19.4. The molecule has 98 valence electrons. The summed E-state index contributed by atoms with van der Waals surface area (Å²) in [6.07, 6.45) is -4.52. The number of alkyl halides is 3. The highest BCUT2D eigenvalue weighted by Crippen LogP contribution is 2.48. The Morgan fingerprint density at radius 1 is 1.41 bits per heavy atom. The molecule has 1 saturated carbocycles. The topological polar surface area (TPSA) is 58.6 Å². The molecule has 0 spiro atoms. The number of halogens is 3. The highest BCUT2D eigenvalue weighted by molar-refractivity contribution is 5.72. The van der Waals surface area contributed by atoms with Crippen molar-refractivity contribution in [3.8, 4) is 0 Å². The largest absolute Gasteiger partial charge is 0.479 e. The first-order valence-corrected chi connectivity index (χ1v) is 5.54. The van der Waals surface area contributed by atoms with Crippen molar-refractivity contribution in [1.29, 1.82) is 0 Å². The number of carbonyl (C=O) groups is 1. The van der Waals surface area contributed by atoms with Crippen molar-refractivity contribution in [1.82, 2.24) is 5.32 Å². The maximum absolute atomic E-state index is 12.6. The molecule has 0 radical (unpaired) electrons. The first kappa shape index (κ1) is 12.6. The van der Waals surface area contributed by atoms with E-state index in [-0.39, 0.29) is 19.4 Å². The fourth-order valence-corrected chi connectivity index (χ4v) is 2.03. The first-order valence-electron chi connectivity index (χ1n) is 5.54. The standard InChI is InChI=1S/C10H14F3NO3/c11-10(12,13)9(3-4-9)14-5-6-1-2-7(17-6)8(15)16/h6-7,14H,1-5H2,(H,15,16). The van der Waals surface area contributed by atoms with Crippen LogP contribution in [0.1, 0.15) is 25.7 Å². The molecule has 17 heavy (non-hydrogen) atoms. The van der Waals surface area contributed by atoms with Gasteiger partial charge in [0.1, 0.15) is 5.54 Å². The molecule has 0 amide bonds. The van der Waals surface area contributed by atoms with Gasteiger partial charge in [-0.05, 0) is 25.7 Å². The lowest BCUT2D eigenvalue weighted by Crippen LogP contribution is -2.47.